The summed E-state index contributed by atoms with van der Waals surface area (Å²) in [7, 11) is 0. The first-order chi connectivity index (χ1) is 7.69. The van der Waals surface area contributed by atoms with Crippen LogP contribution in [0.5, 0.6) is 0 Å². The van der Waals surface area contributed by atoms with Crippen molar-refractivity contribution in [2.24, 2.45) is 5.84 Å². The van der Waals surface area contributed by atoms with E-state index in [1.807, 2.05) is 6.92 Å². The number of nitrogens with two attached hydrogens (primary N) is 1. The van der Waals surface area contributed by atoms with Gasteiger partial charge in [-0.2, -0.15) is 0 Å². The van der Waals surface area contributed by atoms with Crippen molar-refractivity contribution in [2.75, 3.05) is 5.43 Å². The van der Waals surface area contributed by atoms with Gasteiger partial charge >= 0.3 is 0 Å². The number of anilines is 1. The van der Waals surface area contributed by atoms with Gasteiger partial charge in [0, 0.05) is 6.20 Å². The number of nitrogen functional groups attached to an aromatic ring is 1. The minimum Gasteiger partial charge on any atom is -0.439 e. The molecule has 0 amide bonds. The molecule has 0 fully saturated rings. The van der Waals surface area contributed by atoms with Crippen LogP contribution in [-0.2, 0) is 0 Å². The average molecular weight is 302 g/mol. The predicted molar refractivity (Wildman–Crippen MR) is 62.9 cm³/mol. The second-order valence-corrected chi connectivity index (χ2v) is 4.64. The molecule has 8 heteroatoms. The Labute approximate surface area is 104 Å². The molecule has 2 rings (SSSR count). The van der Waals surface area contributed by atoms with E-state index in [-0.39, 0.29) is 0 Å². The number of halogens is 1. The van der Waals surface area contributed by atoms with Crippen molar-refractivity contribution in [2.45, 2.75) is 17.2 Å². The SMILES string of the molecule is Cc1coc(Sc2nc(NN)ncc2Br)n1. The third-order valence-corrected chi connectivity index (χ3v) is 3.33. The summed E-state index contributed by atoms with van der Waals surface area (Å²) in [6.07, 6.45) is 3.19. The Bertz CT molecular complexity index is 503. The summed E-state index contributed by atoms with van der Waals surface area (Å²) in [5.74, 6) is 5.57. The predicted octanol–water partition coefficient (Wildman–Crippen LogP) is 1.97. The highest BCUT2D eigenvalue weighted by Crippen LogP contribution is 2.31. The largest absolute Gasteiger partial charge is 0.439 e. The number of oxazole rings is 1. The molecule has 0 aromatic carbocycles. The molecular formula is C8H8BrN5OS. The number of aryl methyl sites for hydroxylation is 1. The van der Waals surface area contributed by atoms with Gasteiger partial charge in [-0.1, -0.05) is 0 Å². The lowest BCUT2D eigenvalue weighted by Crippen LogP contribution is -2.10. The second kappa shape index (κ2) is 4.81. The van der Waals surface area contributed by atoms with E-state index in [4.69, 9.17) is 10.3 Å². The monoisotopic (exact) mass is 301 g/mol. The Hall–Kier alpha value is -1.12. The molecule has 16 heavy (non-hydrogen) atoms. The molecule has 84 valence electrons. The van der Waals surface area contributed by atoms with Crippen molar-refractivity contribution in [3.63, 3.8) is 0 Å². The fraction of sp³-hybridized carbons (Fsp3) is 0.125. The van der Waals surface area contributed by atoms with Crippen LogP contribution in [0.15, 0.2) is 31.6 Å². The summed E-state index contributed by atoms with van der Waals surface area (Å²) >= 11 is 4.63. The Morgan fingerprint density at radius 3 is 2.94 bits per heavy atom. The number of hydrazine groups is 1. The molecule has 2 aromatic rings. The highest BCUT2D eigenvalue weighted by Gasteiger charge is 2.10. The molecule has 0 aliphatic heterocycles. The summed E-state index contributed by atoms with van der Waals surface area (Å²) in [5, 5.41) is 1.21. The topological polar surface area (TPSA) is 89.9 Å². The molecule has 0 spiro atoms. The minimum atomic E-state index is 0.342. The maximum Gasteiger partial charge on any atom is 0.262 e. The molecule has 6 nitrogen and oxygen atoms in total. The molecule has 0 bridgehead atoms. The molecule has 0 aliphatic carbocycles. The fourth-order valence-corrected chi connectivity index (χ4v) is 2.12. The van der Waals surface area contributed by atoms with Gasteiger partial charge in [-0.25, -0.2) is 20.8 Å². The molecule has 0 radical (unpaired) electrons. The van der Waals surface area contributed by atoms with E-state index in [2.05, 4.69) is 36.3 Å². The lowest BCUT2D eigenvalue weighted by molar-refractivity contribution is 0.453. The standard InChI is InChI=1S/C8H8BrN5OS/c1-4-3-15-8(12-4)16-6-5(9)2-11-7(13-6)14-10/h2-3H,10H2,1H3,(H,11,13,14). The molecular weight excluding hydrogens is 294 g/mol. The summed E-state index contributed by atoms with van der Waals surface area (Å²) in [6, 6.07) is 0. The number of aromatic nitrogens is 3. The molecule has 0 unspecified atom stereocenters. The van der Waals surface area contributed by atoms with Crippen molar-refractivity contribution in [3.8, 4) is 0 Å². The fourth-order valence-electron chi connectivity index (χ4n) is 0.955. The Morgan fingerprint density at radius 1 is 1.50 bits per heavy atom. The number of nitrogens with one attached hydrogen (secondary N) is 1. The number of rotatable bonds is 3. The van der Waals surface area contributed by atoms with E-state index in [0.29, 0.717) is 16.2 Å². The van der Waals surface area contributed by atoms with Gasteiger partial charge in [-0.3, -0.25) is 5.43 Å². The van der Waals surface area contributed by atoms with E-state index < -0.39 is 0 Å². The van der Waals surface area contributed by atoms with Gasteiger partial charge in [-0.05, 0) is 34.6 Å². The van der Waals surface area contributed by atoms with Gasteiger partial charge in [-0.15, -0.1) is 0 Å². The van der Waals surface area contributed by atoms with Crippen LogP contribution in [0, 0.1) is 6.92 Å². The zero-order chi connectivity index (χ0) is 11.5. The molecule has 3 N–H and O–H groups in total. The van der Waals surface area contributed by atoms with Crippen LogP contribution < -0.4 is 11.3 Å². The number of nitrogens with zero attached hydrogens (tertiary/aromatic N) is 3. The van der Waals surface area contributed by atoms with Crippen molar-refractivity contribution in [3.05, 3.63) is 22.6 Å². The summed E-state index contributed by atoms with van der Waals surface area (Å²) < 4.78 is 5.97. The van der Waals surface area contributed by atoms with Crippen LogP contribution in [0.3, 0.4) is 0 Å². The summed E-state index contributed by atoms with van der Waals surface area (Å²) in [4.78, 5) is 12.3. The van der Waals surface area contributed by atoms with Crippen LogP contribution in [0.25, 0.3) is 0 Å². The van der Waals surface area contributed by atoms with Crippen LogP contribution >= 0.6 is 27.7 Å². The van der Waals surface area contributed by atoms with Gasteiger partial charge in [0.2, 0.25) is 5.95 Å². The van der Waals surface area contributed by atoms with E-state index in [1.54, 1.807) is 12.5 Å². The van der Waals surface area contributed by atoms with Crippen LogP contribution in [-0.4, -0.2) is 15.0 Å². The maximum atomic E-state index is 5.23. The third-order valence-electron chi connectivity index (χ3n) is 1.62. The van der Waals surface area contributed by atoms with Crippen molar-refractivity contribution >= 4 is 33.6 Å². The Morgan fingerprint density at radius 2 is 2.31 bits per heavy atom. The van der Waals surface area contributed by atoms with Gasteiger partial charge < -0.3 is 4.42 Å². The first-order valence-corrected chi connectivity index (χ1v) is 5.89. The normalized spacial score (nSPS) is 10.4. The number of hydrogen-bond acceptors (Lipinski definition) is 7. The van der Waals surface area contributed by atoms with Gasteiger partial charge in [0.05, 0.1) is 10.2 Å². The second-order valence-electron chi connectivity index (χ2n) is 2.85. The van der Waals surface area contributed by atoms with Gasteiger partial charge in [0.25, 0.3) is 5.22 Å². The first kappa shape index (κ1) is 11.4. The molecule has 0 aliphatic rings. The van der Waals surface area contributed by atoms with Gasteiger partial charge in [0.1, 0.15) is 11.3 Å². The first-order valence-electron chi connectivity index (χ1n) is 4.28. The van der Waals surface area contributed by atoms with E-state index in [0.717, 1.165) is 10.2 Å². The van der Waals surface area contributed by atoms with Crippen molar-refractivity contribution < 1.29 is 4.42 Å². The smallest absolute Gasteiger partial charge is 0.262 e. The quantitative estimate of drug-likeness (QED) is 0.509. The third kappa shape index (κ3) is 2.52. The Kier molecular flexibility index (Phi) is 3.42. The lowest BCUT2D eigenvalue weighted by Gasteiger charge is -2.02. The Balaban J connectivity index is 2.26. The van der Waals surface area contributed by atoms with E-state index in [9.17, 15) is 0 Å². The molecule has 2 heterocycles. The highest BCUT2D eigenvalue weighted by molar-refractivity contribution is 9.10. The van der Waals surface area contributed by atoms with Crippen molar-refractivity contribution in [1.29, 1.82) is 0 Å². The van der Waals surface area contributed by atoms with Crippen molar-refractivity contribution in [1.82, 2.24) is 15.0 Å². The van der Waals surface area contributed by atoms with E-state index in [1.165, 1.54) is 11.8 Å². The molecule has 0 saturated carbocycles. The average Bonchev–Trinajstić information content (AvgIpc) is 2.67. The number of hydrogen-bond donors (Lipinski definition) is 2. The van der Waals surface area contributed by atoms with Crippen LogP contribution in [0.1, 0.15) is 5.69 Å². The molecule has 0 saturated heterocycles. The van der Waals surface area contributed by atoms with Crippen LogP contribution in [0.2, 0.25) is 0 Å². The molecule has 0 atom stereocenters. The maximum absolute atomic E-state index is 5.23. The minimum absolute atomic E-state index is 0.342. The highest BCUT2D eigenvalue weighted by atomic mass is 79.9. The summed E-state index contributed by atoms with van der Waals surface area (Å²) in [6.45, 7) is 1.86. The summed E-state index contributed by atoms with van der Waals surface area (Å²) in [5.41, 5.74) is 3.20. The zero-order valence-electron chi connectivity index (χ0n) is 8.27. The molecule has 2 aromatic heterocycles. The van der Waals surface area contributed by atoms with Crippen LogP contribution in [0.4, 0.5) is 5.95 Å². The lowest BCUT2D eigenvalue weighted by atomic mass is 10.6. The van der Waals surface area contributed by atoms with Gasteiger partial charge in [0.15, 0.2) is 0 Å². The van der Waals surface area contributed by atoms with E-state index >= 15 is 0 Å². The zero-order valence-corrected chi connectivity index (χ0v) is 10.7.